The molecule has 6 heteroatoms. The van der Waals surface area contributed by atoms with E-state index in [1.165, 1.54) is 4.90 Å². The Bertz CT molecular complexity index is 764. The minimum atomic E-state index is -0.196. The van der Waals surface area contributed by atoms with Crippen molar-refractivity contribution in [2.45, 2.75) is 77.8 Å². The highest BCUT2D eigenvalue weighted by Crippen LogP contribution is 2.35. The lowest BCUT2D eigenvalue weighted by Gasteiger charge is -2.47. The largest absolute Gasteiger partial charge is 0.356 e. The summed E-state index contributed by atoms with van der Waals surface area (Å²) in [6, 6.07) is 7.91. The molecule has 2 atom stereocenters. The average molecular weight is 414 g/mol. The Morgan fingerprint density at radius 3 is 2.67 bits per heavy atom. The molecule has 1 aliphatic carbocycles. The molecule has 30 heavy (non-hydrogen) atoms. The Morgan fingerprint density at radius 1 is 1.13 bits per heavy atom. The quantitative estimate of drug-likeness (QED) is 0.622. The Hall–Kier alpha value is -2.37. The maximum absolute atomic E-state index is 13.3. The zero-order valence-electron chi connectivity index (χ0n) is 18.4. The van der Waals surface area contributed by atoms with E-state index < -0.39 is 0 Å². The highest BCUT2D eigenvalue weighted by atomic mass is 16.2. The lowest BCUT2D eigenvalue weighted by atomic mass is 9.81. The van der Waals surface area contributed by atoms with Crippen molar-refractivity contribution >= 4 is 17.8 Å². The summed E-state index contributed by atoms with van der Waals surface area (Å²) in [5.74, 6) is -0.163. The predicted octanol–water partition coefficient (Wildman–Crippen LogP) is 4.01. The maximum Gasteiger partial charge on any atom is 0.327 e. The van der Waals surface area contributed by atoms with Crippen molar-refractivity contribution in [3.63, 3.8) is 0 Å². The summed E-state index contributed by atoms with van der Waals surface area (Å²) in [7, 11) is 0. The Labute approximate surface area is 180 Å². The predicted molar refractivity (Wildman–Crippen MR) is 117 cm³/mol. The molecule has 0 spiro atoms. The molecule has 1 aromatic rings. The van der Waals surface area contributed by atoms with Gasteiger partial charge < -0.3 is 10.2 Å². The van der Waals surface area contributed by atoms with Gasteiger partial charge >= 0.3 is 6.03 Å². The second kappa shape index (κ2) is 10.6. The Morgan fingerprint density at radius 2 is 1.90 bits per heavy atom. The minimum absolute atomic E-state index is 0.00679. The number of hydrogen-bond acceptors (Lipinski definition) is 3. The van der Waals surface area contributed by atoms with Crippen molar-refractivity contribution in [3.05, 3.63) is 35.4 Å². The summed E-state index contributed by atoms with van der Waals surface area (Å²) in [6.45, 7) is 5.67. The van der Waals surface area contributed by atoms with E-state index >= 15 is 0 Å². The summed E-state index contributed by atoms with van der Waals surface area (Å²) >= 11 is 0. The van der Waals surface area contributed by atoms with Gasteiger partial charge in [-0.2, -0.15) is 0 Å². The van der Waals surface area contributed by atoms with E-state index in [4.69, 9.17) is 0 Å². The fourth-order valence-electron chi connectivity index (χ4n) is 4.62. The molecule has 164 valence electrons. The van der Waals surface area contributed by atoms with E-state index in [9.17, 15) is 14.4 Å². The van der Waals surface area contributed by atoms with Gasteiger partial charge in [0.05, 0.1) is 5.92 Å². The van der Waals surface area contributed by atoms with Gasteiger partial charge in [-0.05, 0) is 43.7 Å². The van der Waals surface area contributed by atoms with Crippen LogP contribution in [0.25, 0.3) is 0 Å². The highest BCUT2D eigenvalue weighted by molar-refractivity contribution is 5.98. The van der Waals surface area contributed by atoms with Crippen LogP contribution in [0.15, 0.2) is 24.3 Å². The number of carbonyl (C=O) groups excluding carboxylic acids is 3. The van der Waals surface area contributed by atoms with Crippen LogP contribution in [0.3, 0.4) is 0 Å². The number of hydrogen-bond donors (Lipinski definition) is 1. The van der Waals surface area contributed by atoms with E-state index in [2.05, 4.69) is 31.3 Å². The standard InChI is InChI=1S/C24H35N3O3/c1-3-4-15-25-22(28)14-9-16-26-23(29)20-12-7-8-13-21(20)27(24(26)30)17-19-11-6-5-10-18(19)2/h5-6,10-11,20-21H,3-4,7-9,12-17H2,1-2H3,(H,25,28). The Balaban J connectivity index is 1.67. The molecule has 0 radical (unpaired) electrons. The van der Waals surface area contributed by atoms with E-state index in [1.807, 2.05) is 17.0 Å². The van der Waals surface area contributed by atoms with E-state index in [-0.39, 0.29) is 29.8 Å². The number of fused-ring (bicyclic) bond motifs is 1. The van der Waals surface area contributed by atoms with Crippen LogP contribution in [0.1, 0.15) is 69.4 Å². The monoisotopic (exact) mass is 413 g/mol. The van der Waals surface area contributed by atoms with Crippen molar-refractivity contribution in [3.8, 4) is 0 Å². The summed E-state index contributed by atoms with van der Waals surface area (Å²) in [5.41, 5.74) is 2.28. The van der Waals surface area contributed by atoms with Gasteiger partial charge in [-0.3, -0.25) is 14.5 Å². The third-order valence-corrected chi connectivity index (χ3v) is 6.43. The third kappa shape index (κ3) is 5.21. The zero-order chi connectivity index (χ0) is 21.5. The van der Waals surface area contributed by atoms with Gasteiger partial charge in [0.25, 0.3) is 0 Å². The summed E-state index contributed by atoms with van der Waals surface area (Å²) in [5, 5.41) is 2.90. The molecule has 1 heterocycles. The molecule has 1 saturated heterocycles. The van der Waals surface area contributed by atoms with Crippen LogP contribution in [0.4, 0.5) is 4.79 Å². The number of aryl methyl sites for hydroxylation is 1. The van der Waals surface area contributed by atoms with Gasteiger partial charge in [-0.25, -0.2) is 4.79 Å². The third-order valence-electron chi connectivity index (χ3n) is 6.43. The number of urea groups is 1. The first-order valence-electron chi connectivity index (χ1n) is 11.5. The molecule has 1 saturated carbocycles. The lowest BCUT2D eigenvalue weighted by molar-refractivity contribution is -0.141. The minimum Gasteiger partial charge on any atom is -0.356 e. The molecular weight excluding hydrogens is 378 g/mol. The van der Waals surface area contributed by atoms with Crippen molar-refractivity contribution in [1.29, 1.82) is 0 Å². The smallest absolute Gasteiger partial charge is 0.327 e. The van der Waals surface area contributed by atoms with E-state index in [0.717, 1.165) is 49.7 Å². The number of rotatable bonds is 9. The van der Waals surface area contributed by atoms with Crippen LogP contribution in [0, 0.1) is 12.8 Å². The first kappa shape index (κ1) is 22.3. The van der Waals surface area contributed by atoms with Gasteiger partial charge in [-0.1, -0.05) is 50.5 Å². The second-order valence-electron chi connectivity index (χ2n) is 8.59. The van der Waals surface area contributed by atoms with Gasteiger partial charge in [0.15, 0.2) is 0 Å². The number of nitrogens with one attached hydrogen (secondary N) is 1. The van der Waals surface area contributed by atoms with Gasteiger partial charge in [0, 0.05) is 32.1 Å². The fraction of sp³-hybridized carbons (Fsp3) is 0.625. The highest BCUT2D eigenvalue weighted by Gasteiger charge is 2.46. The van der Waals surface area contributed by atoms with E-state index in [0.29, 0.717) is 32.5 Å². The van der Waals surface area contributed by atoms with Crippen LogP contribution >= 0.6 is 0 Å². The summed E-state index contributed by atoms with van der Waals surface area (Å²) in [6.07, 6.45) is 6.67. The first-order valence-corrected chi connectivity index (χ1v) is 11.5. The molecule has 2 fully saturated rings. The lowest BCUT2D eigenvalue weighted by Crippen LogP contribution is -2.62. The molecular formula is C24H35N3O3. The van der Waals surface area contributed by atoms with Crippen molar-refractivity contribution in [2.24, 2.45) is 5.92 Å². The van der Waals surface area contributed by atoms with Gasteiger partial charge in [-0.15, -0.1) is 0 Å². The molecule has 6 nitrogen and oxygen atoms in total. The number of unbranched alkanes of at least 4 members (excludes halogenated alkanes) is 1. The number of amides is 4. The van der Waals surface area contributed by atoms with Crippen LogP contribution in [-0.2, 0) is 16.1 Å². The Kier molecular flexibility index (Phi) is 7.88. The van der Waals surface area contributed by atoms with Crippen molar-refractivity contribution in [2.75, 3.05) is 13.1 Å². The van der Waals surface area contributed by atoms with E-state index in [1.54, 1.807) is 0 Å². The van der Waals surface area contributed by atoms with Crippen LogP contribution < -0.4 is 5.32 Å². The fourth-order valence-corrected chi connectivity index (χ4v) is 4.62. The number of benzene rings is 1. The molecule has 0 bridgehead atoms. The SMILES string of the molecule is CCCCNC(=O)CCCN1C(=O)C2CCCCC2N(Cc2ccccc2C)C1=O. The average Bonchev–Trinajstić information content (AvgIpc) is 2.75. The molecule has 0 aromatic heterocycles. The summed E-state index contributed by atoms with van der Waals surface area (Å²) < 4.78 is 0. The van der Waals surface area contributed by atoms with Crippen LogP contribution in [0.5, 0.6) is 0 Å². The van der Waals surface area contributed by atoms with Crippen LogP contribution in [-0.4, -0.2) is 46.8 Å². The number of imide groups is 1. The van der Waals surface area contributed by atoms with Crippen molar-refractivity contribution in [1.82, 2.24) is 15.1 Å². The van der Waals surface area contributed by atoms with Crippen LogP contribution in [0.2, 0.25) is 0 Å². The second-order valence-corrected chi connectivity index (χ2v) is 8.59. The molecule has 3 rings (SSSR count). The van der Waals surface area contributed by atoms with Gasteiger partial charge in [0.1, 0.15) is 0 Å². The molecule has 2 unspecified atom stereocenters. The number of nitrogens with zero attached hydrogens (tertiary/aromatic N) is 2. The van der Waals surface area contributed by atoms with Crippen molar-refractivity contribution < 1.29 is 14.4 Å². The number of carbonyl (C=O) groups is 3. The van der Waals surface area contributed by atoms with Gasteiger partial charge in [0.2, 0.25) is 11.8 Å². The molecule has 2 aliphatic rings. The molecule has 1 aliphatic heterocycles. The zero-order valence-corrected chi connectivity index (χ0v) is 18.4. The normalized spacial score (nSPS) is 21.5. The maximum atomic E-state index is 13.3. The topological polar surface area (TPSA) is 69.7 Å². The molecule has 4 amide bonds. The molecule has 1 N–H and O–H groups in total. The first-order chi connectivity index (χ1) is 14.5. The molecule has 1 aromatic carbocycles. The summed E-state index contributed by atoms with van der Waals surface area (Å²) in [4.78, 5) is 41.7.